The molecular weight excluding hydrogens is 314 g/mol. The van der Waals surface area contributed by atoms with Gasteiger partial charge in [0.2, 0.25) is 10.0 Å². The molecule has 0 radical (unpaired) electrons. The van der Waals surface area contributed by atoms with E-state index in [9.17, 15) is 13.2 Å². The van der Waals surface area contributed by atoms with E-state index in [4.69, 9.17) is 0 Å². The van der Waals surface area contributed by atoms with Crippen LogP contribution in [0.4, 0.5) is 0 Å². The first kappa shape index (κ1) is 17.2. The lowest BCUT2D eigenvalue weighted by atomic mass is 10.1. The SMILES string of the molecule is COC(=O)CN(Cc1ccccc1C)S(=O)(=O)c1ccccc1. The Labute approximate surface area is 136 Å². The first-order valence-electron chi connectivity index (χ1n) is 7.11. The minimum atomic E-state index is -3.79. The molecule has 2 rings (SSSR count). The number of carbonyl (C=O) groups excluding carboxylic acids is 1. The molecule has 0 unspecified atom stereocenters. The second-order valence-electron chi connectivity index (χ2n) is 5.09. The molecule has 0 amide bonds. The molecule has 0 bridgehead atoms. The number of hydrogen-bond acceptors (Lipinski definition) is 4. The van der Waals surface area contributed by atoms with Gasteiger partial charge in [0.05, 0.1) is 12.0 Å². The molecule has 0 fully saturated rings. The van der Waals surface area contributed by atoms with Gasteiger partial charge < -0.3 is 4.74 Å². The highest BCUT2D eigenvalue weighted by molar-refractivity contribution is 7.89. The Balaban J connectivity index is 2.38. The highest BCUT2D eigenvalue weighted by Crippen LogP contribution is 2.19. The smallest absolute Gasteiger partial charge is 0.321 e. The van der Waals surface area contributed by atoms with Crippen LogP contribution in [0.2, 0.25) is 0 Å². The van der Waals surface area contributed by atoms with Crippen molar-refractivity contribution in [3.63, 3.8) is 0 Å². The molecule has 0 aliphatic heterocycles. The van der Waals surface area contributed by atoms with E-state index in [1.54, 1.807) is 18.2 Å². The molecule has 0 atom stereocenters. The van der Waals surface area contributed by atoms with Gasteiger partial charge in [-0.3, -0.25) is 4.79 Å². The zero-order chi connectivity index (χ0) is 16.9. The van der Waals surface area contributed by atoms with Crippen LogP contribution in [-0.4, -0.2) is 32.3 Å². The van der Waals surface area contributed by atoms with Gasteiger partial charge in [0.25, 0.3) is 0 Å². The summed E-state index contributed by atoms with van der Waals surface area (Å²) in [7, 11) is -2.55. The molecule has 0 spiro atoms. The molecule has 0 heterocycles. The van der Waals surface area contributed by atoms with Gasteiger partial charge in [-0.15, -0.1) is 0 Å². The van der Waals surface area contributed by atoms with Crippen LogP contribution in [0.1, 0.15) is 11.1 Å². The lowest BCUT2D eigenvalue weighted by Crippen LogP contribution is -2.36. The van der Waals surface area contributed by atoms with Gasteiger partial charge >= 0.3 is 5.97 Å². The molecule has 0 saturated carbocycles. The Morgan fingerprint density at radius 2 is 1.65 bits per heavy atom. The van der Waals surface area contributed by atoms with Crippen molar-refractivity contribution in [2.24, 2.45) is 0 Å². The fraction of sp³-hybridized carbons (Fsp3) is 0.235. The van der Waals surface area contributed by atoms with Crippen molar-refractivity contribution in [2.75, 3.05) is 13.7 Å². The maximum absolute atomic E-state index is 12.8. The van der Waals surface area contributed by atoms with E-state index in [1.807, 2.05) is 31.2 Å². The zero-order valence-corrected chi connectivity index (χ0v) is 13.9. The number of esters is 1. The van der Waals surface area contributed by atoms with Crippen LogP contribution < -0.4 is 0 Å². The first-order chi connectivity index (χ1) is 10.9. The van der Waals surface area contributed by atoms with Gasteiger partial charge in [-0.2, -0.15) is 4.31 Å². The number of rotatable bonds is 6. The topological polar surface area (TPSA) is 63.7 Å². The van der Waals surface area contributed by atoms with Crippen LogP contribution >= 0.6 is 0 Å². The summed E-state index contributed by atoms with van der Waals surface area (Å²) in [4.78, 5) is 11.8. The van der Waals surface area contributed by atoms with Crippen LogP contribution in [0, 0.1) is 6.92 Å². The van der Waals surface area contributed by atoms with Crippen molar-refractivity contribution in [3.8, 4) is 0 Å². The molecule has 2 aromatic rings. The molecule has 0 aromatic heterocycles. The molecule has 23 heavy (non-hydrogen) atoms. The molecule has 0 saturated heterocycles. The number of methoxy groups -OCH3 is 1. The molecular formula is C17H19NO4S. The Kier molecular flexibility index (Phi) is 5.52. The van der Waals surface area contributed by atoms with Crippen LogP contribution in [-0.2, 0) is 26.1 Å². The summed E-state index contributed by atoms with van der Waals surface area (Å²) in [6.45, 7) is 1.68. The lowest BCUT2D eigenvalue weighted by Gasteiger charge is -2.22. The van der Waals surface area contributed by atoms with E-state index in [0.717, 1.165) is 15.4 Å². The van der Waals surface area contributed by atoms with Gasteiger partial charge in [-0.05, 0) is 30.2 Å². The largest absolute Gasteiger partial charge is 0.468 e. The number of aryl methyl sites for hydroxylation is 1. The summed E-state index contributed by atoms with van der Waals surface area (Å²) in [6.07, 6.45) is 0. The summed E-state index contributed by atoms with van der Waals surface area (Å²) in [6, 6.07) is 15.5. The van der Waals surface area contributed by atoms with Crippen LogP contribution in [0.25, 0.3) is 0 Å². The minimum absolute atomic E-state index is 0.110. The monoisotopic (exact) mass is 333 g/mol. The number of ether oxygens (including phenoxy) is 1. The molecule has 2 aromatic carbocycles. The van der Waals surface area contributed by atoms with E-state index < -0.39 is 16.0 Å². The fourth-order valence-corrected chi connectivity index (χ4v) is 3.54. The van der Waals surface area contributed by atoms with E-state index in [0.29, 0.717) is 0 Å². The predicted octanol–water partition coefficient (Wildman–Crippen LogP) is 2.36. The van der Waals surface area contributed by atoms with Crippen molar-refractivity contribution in [3.05, 3.63) is 65.7 Å². The number of hydrogen-bond donors (Lipinski definition) is 0. The average molecular weight is 333 g/mol. The van der Waals surface area contributed by atoms with Gasteiger partial charge in [-0.1, -0.05) is 42.5 Å². The predicted molar refractivity (Wildman–Crippen MR) is 87.2 cm³/mol. The van der Waals surface area contributed by atoms with Gasteiger partial charge in [0.15, 0.2) is 0 Å². The summed E-state index contributed by atoms with van der Waals surface area (Å²) in [5, 5.41) is 0. The Morgan fingerprint density at radius 1 is 1.04 bits per heavy atom. The molecule has 0 aliphatic rings. The Hall–Kier alpha value is -2.18. The fourth-order valence-electron chi connectivity index (χ4n) is 2.15. The minimum Gasteiger partial charge on any atom is -0.468 e. The van der Waals surface area contributed by atoms with E-state index in [2.05, 4.69) is 4.74 Å². The standard InChI is InChI=1S/C17H19NO4S/c1-14-8-6-7-9-15(14)12-18(13-17(19)22-2)23(20,21)16-10-4-3-5-11-16/h3-11H,12-13H2,1-2H3. The Morgan fingerprint density at radius 3 is 2.26 bits per heavy atom. The van der Waals surface area contributed by atoms with Crippen molar-refractivity contribution in [1.29, 1.82) is 0 Å². The third kappa shape index (κ3) is 4.18. The molecule has 6 heteroatoms. The Bertz CT molecular complexity index is 772. The molecule has 0 N–H and O–H groups in total. The highest BCUT2D eigenvalue weighted by Gasteiger charge is 2.27. The van der Waals surface area contributed by atoms with Crippen LogP contribution in [0.15, 0.2) is 59.5 Å². The third-order valence-corrected chi connectivity index (χ3v) is 5.33. The van der Waals surface area contributed by atoms with Gasteiger partial charge in [-0.25, -0.2) is 8.42 Å². The summed E-state index contributed by atoms with van der Waals surface area (Å²) >= 11 is 0. The first-order valence-corrected chi connectivity index (χ1v) is 8.55. The summed E-state index contributed by atoms with van der Waals surface area (Å²) in [5.41, 5.74) is 1.81. The lowest BCUT2D eigenvalue weighted by molar-refractivity contribution is -0.140. The average Bonchev–Trinajstić information content (AvgIpc) is 2.56. The highest BCUT2D eigenvalue weighted by atomic mass is 32.2. The van der Waals surface area contributed by atoms with Crippen LogP contribution in [0.5, 0.6) is 0 Å². The van der Waals surface area contributed by atoms with Crippen LogP contribution in [0.3, 0.4) is 0 Å². The van der Waals surface area contributed by atoms with Crippen molar-refractivity contribution < 1.29 is 17.9 Å². The number of benzene rings is 2. The van der Waals surface area contributed by atoms with Gasteiger partial charge in [0.1, 0.15) is 6.54 Å². The van der Waals surface area contributed by atoms with Crippen molar-refractivity contribution >= 4 is 16.0 Å². The van der Waals surface area contributed by atoms with Crippen molar-refractivity contribution in [1.82, 2.24) is 4.31 Å². The number of sulfonamides is 1. The molecule has 0 aliphatic carbocycles. The van der Waals surface area contributed by atoms with E-state index >= 15 is 0 Å². The maximum atomic E-state index is 12.8. The van der Waals surface area contributed by atoms with E-state index in [-0.39, 0.29) is 18.0 Å². The zero-order valence-electron chi connectivity index (χ0n) is 13.1. The van der Waals surface area contributed by atoms with Crippen molar-refractivity contribution in [2.45, 2.75) is 18.4 Å². The maximum Gasteiger partial charge on any atom is 0.321 e. The second kappa shape index (κ2) is 7.39. The number of carbonyl (C=O) groups is 1. The molecule has 5 nitrogen and oxygen atoms in total. The number of nitrogens with zero attached hydrogens (tertiary/aromatic N) is 1. The normalized spacial score (nSPS) is 11.4. The summed E-state index contributed by atoms with van der Waals surface area (Å²) in [5.74, 6) is -0.599. The van der Waals surface area contributed by atoms with Gasteiger partial charge in [0, 0.05) is 6.54 Å². The second-order valence-corrected chi connectivity index (χ2v) is 7.03. The summed E-state index contributed by atoms with van der Waals surface area (Å²) < 4.78 is 31.4. The van der Waals surface area contributed by atoms with E-state index in [1.165, 1.54) is 19.2 Å². The third-order valence-electron chi connectivity index (χ3n) is 3.52. The molecule has 122 valence electrons. The quantitative estimate of drug-likeness (QED) is 0.761.